The van der Waals surface area contributed by atoms with Gasteiger partial charge in [0, 0.05) is 13.1 Å². The fourth-order valence-corrected chi connectivity index (χ4v) is 2.72. The second kappa shape index (κ2) is 6.86. The zero-order valence-corrected chi connectivity index (χ0v) is 11.9. The van der Waals surface area contributed by atoms with Crippen molar-refractivity contribution >= 4 is 5.97 Å². The van der Waals surface area contributed by atoms with Crippen molar-refractivity contribution in [3.05, 3.63) is 35.4 Å². The minimum absolute atomic E-state index is 0.152. The van der Waals surface area contributed by atoms with Gasteiger partial charge in [0.05, 0.1) is 12.0 Å². The number of carbonyl (C=O) groups is 1. The van der Waals surface area contributed by atoms with E-state index in [4.69, 9.17) is 5.11 Å². The van der Waals surface area contributed by atoms with Crippen LogP contribution in [-0.2, 0) is 11.3 Å². The highest BCUT2D eigenvalue weighted by Crippen LogP contribution is 2.24. The standard InChI is InChI=1S/C16H23NO3/c1-11(16(19)20)13-7-5-12(6-8-13)9-17-10-14-3-2-4-15(14)18/h5-8,11,14-15,17-18H,2-4,9-10H2,1H3,(H,19,20). The molecule has 3 unspecified atom stereocenters. The molecule has 110 valence electrons. The van der Waals surface area contributed by atoms with E-state index < -0.39 is 11.9 Å². The number of benzene rings is 1. The maximum absolute atomic E-state index is 10.9. The molecule has 0 spiro atoms. The molecule has 3 atom stereocenters. The van der Waals surface area contributed by atoms with E-state index in [1.54, 1.807) is 6.92 Å². The Hall–Kier alpha value is -1.39. The second-order valence-corrected chi connectivity index (χ2v) is 5.69. The molecule has 3 N–H and O–H groups in total. The molecule has 0 saturated heterocycles. The fourth-order valence-electron chi connectivity index (χ4n) is 2.72. The van der Waals surface area contributed by atoms with Gasteiger partial charge in [-0.25, -0.2) is 0 Å². The summed E-state index contributed by atoms with van der Waals surface area (Å²) in [5, 5.41) is 22.1. The van der Waals surface area contributed by atoms with Gasteiger partial charge < -0.3 is 15.5 Å². The first kappa shape index (κ1) is 15.0. The zero-order chi connectivity index (χ0) is 14.5. The van der Waals surface area contributed by atoms with Gasteiger partial charge in [0.25, 0.3) is 0 Å². The molecule has 1 aromatic rings. The van der Waals surface area contributed by atoms with Gasteiger partial charge >= 0.3 is 5.97 Å². The number of carboxylic acid groups (broad SMARTS) is 1. The van der Waals surface area contributed by atoms with Gasteiger partial charge in [-0.3, -0.25) is 4.79 Å². The molecule has 0 aromatic heterocycles. The topological polar surface area (TPSA) is 69.6 Å². The third kappa shape index (κ3) is 3.81. The van der Waals surface area contributed by atoms with Crippen LogP contribution in [0.5, 0.6) is 0 Å². The van der Waals surface area contributed by atoms with E-state index in [0.717, 1.165) is 43.5 Å². The fraction of sp³-hybridized carbons (Fsp3) is 0.562. The quantitative estimate of drug-likeness (QED) is 0.745. The Bertz CT molecular complexity index is 444. The Kier molecular flexibility index (Phi) is 5.15. The molecule has 0 radical (unpaired) electrons. The minimum atomic E-state index is -0.800. The van der Waals surface area contributed by atoms with Gasteiger partial charge in [-0.15, -0.1) is 0 Å². The van der Waals surface area contributed by atoms with E-state index in [0.29, 0.717) is 5.92 Å². The molecule has 1 saturated carbocycles. The molecule has 4 heteroatoms. The van der Waals surface area contributed by atoms with E-state index in [1.165, 1.54) is 0 Å². The molecular formula is C16H23NO3. The van der Waals surface area contributed by atoms with Crippen LogP contribution in [-0.4, -0.2) is 28.8 Å². The zero-order valence-electron chi connectivity index (χ0n) is 11.9. The van der Waals surface area contributed by atoms with Gasteiger partial charge in [0.1, 0.15) is 0 Å². The largest absolute Gasteiger partial charge is 0.481 e. The van der Waals surface area contributed by atoms with E-state index in [-0.39, 0.29) is 6.10 Å². The Balaban J connectivity index is 1.80. The first-order valence-corrected chi connectivity index (χ1v) is 7.28. The predicted octanol–water partition coefficient (Wildman–Crippen LogP) is 2.13. The van der Waals surface area contributed by atoms with Gasteiger partial charge in [-0.2, -0.15) is 0 Å². The average molecular weight is 277 g/mol. The Morgan fingerprint density at radius 3 is 2.60 bits per heavy atom. The summed E-state index contributed by atoms with van der Waals surface area (Å²) in [6, 6.07) is 7.68. The molecule has 4 nitrogen and oxygen atoms in total. The summed E-state index contributed by atoms with van der Waals surface area (Å²) < 4.78 is 0. The van der Waals surface area contributed by atoms with Crippen molar-refractivity contribution in [3.8, 4) is 0 Å². The van der Waals surface area contributed by atoms with Crippen molar-refractivity contribution in [2.75, 3.05) is 6.54 Å². The summed E-state index contributed by atoms with van der Waals surface area (Å²) in [4.78, 5) is 10.9. The number of aliphatic hydroxyl groups excluding tert-OH is 1. The number of hydrogen-bond donors (Lipinski definition) is 3. The normalized spacial score (nSPS) is 23.7. The van der Waals surface area contributed by atoms with Crippen molar-refractivity contribution in [2.45, 2.75) is 44.8 Å². The van der Waals surface area contributed by atoms with Crippen LogP contribution < -0.4 is 5.32 Å². The van der Waals surface area contributed by atoms with Gasteiger partial charge in [-0.1, -0.05) is 30.7 Å². The number of aliphatic carboxylic acids is 1. The first-order chi connectivity index (χ1) is 9.58. The van der Waals surface area contributed by atoms with Crippen LogP contribution in [0.1, 0.15) is 43.2 Å². The van der Waals surface area contributed by atoms with Crippen molar-refractivity contribution in [2.24, 2.45) is 5.92 Å². The molecule has 0 heterocycles. The molecule has 2 rings (SSSR count). The lowest BCUT2D eigenvalue weighted by Gasteiger charge is -2.15. The smallest absolute Gasteiger partial charge is 0.310 e. The van der Waals surface area contributed by atoms with Crippen LogP contribution in [0.3, 0.4) is 0 Å². The number of carboxylic acids is 1. The molecule has 1 aromatic carbocycles. The number of rotatable bonds is 6. The van der Waals surface area contributed by atoms with Crippen LogP contribution in [0.25, 0.3) is 0 Å². The third-order valence-corrected chi connectivity index (χ3v) is 4.20. The number of aliphatic hydroxyl groups is 1. The van der Waals surface area contributed by atoms with Crippen molar-refractivity contribution in [3.63, 3.8) is 0 Å². The first-order valence-electron chi connectivity index (χ1n) is 7.28. The maximum atomic E-state index is 10.9. The predicted molar refractivity (Wildman–Crippen MR) is 77.5 cm³/mol. The van der Waals surface area contributed by atoms with Crippen LogP contribution in [0.2, 0.25) is 0 Å². The lowest BCUT2D eigenvalue weighted by atomic mass is 10.00. The summed E-state index contributed by atoms with van der Waals surface area (Å²) >= 11 is 0. The summed E-state index contributed by atoms with van der Waals surface area (Å²) in [5.74, 6) is -0.891. The molecular weight excluding hydrogens is 254 g/mol. The van der Waals surface area contributed by atoms with E-state index >= 15 is 0 Å². The molecule has 0 aliphatic heterocycles. The van der Waals surface area contributed by atoms with E-state index in [9.17, 15) is 9.90 Å². The van der Waals surface area contributed by atoms with Crippen LogP contribution in [0, 0.1) is 5.92 Å². The second-order valence-electron chi connectivity index (χ2n) is 5.69. The Morgan fingerprint density at radius 1 is 1.35 bits per heavy atom. The average Bonchev–Trinajstić information content (AvgIpc) is 2.84. The van der Waals surface area contributed by atoms with Crippen molar-refractivity contribution in [1.82, 2.24) is 5.32 Å². The lowest BCUT2D eigenvalue weighted by Crippen LogP contribution is -2.27. The highest BCUT2D eigenvalue weighted by Gasteiger charge is 2.24. The maximum Gasteiger partial charge on any atom is 0.310 e. The lowest BCUT2D eigenvalue weighted by molar-refractivity contribution is -0.138. The summed E-state index contributed by atoms with van der Waals surface area (Å²) in [7, 11) is 0. The Labute approximate surface area is 119 Å². The van der Waals surface area contributed by atoms with Gasteiger partial charge in [0.2, 0.25) is 0 Å². The molecule has 1 aliphatic carbocycles. The summed E-state index contributed by atoms with van der Waals surface area (Å²) in [6.45, 7) is 3.29. The van der Waals surface area contributed by atoms with E-state index in [1.807, 2.05) is 24.3 Å². The van der Waals surface area contributed by atoms with Crippen molar-refractivity contribution in [1.29, 1.82) is 0 Å². The van der Waals surface area contributed by atoms with E-state index in [2.05, 4.69) is 5.32 Å². The number of nitrogens with one attached hydrogen (secondary N) is 1. The third-order valence-electron chi connectivity index (χ3n) is 4.20. The summed E-state index contributed by atoms with van der Waals surface area (Å²) in [6.07, 6.45) is 2.99. The molecule has 0 amide bonds. The van der Waals surface area contributed by atoms with Crippen LogP contribution in [0.15, 0.2) is 24.3 Å². The highest BCUT2D eigenvalue weighted by molar-refractivity contribution is 5.75. The molecule has 1 aliphatic rings. The van der Waals surface area contributed by atoms with Crippen molar-refractivity contribution < 1.29 is 15.0 Å². The number of hydrogen-bond acceptors (Lipinski definition) is 3. The SMILES string of the molecule is CC(C(=O)O)c1ccc(CNCC2CCCC2O)cc1. The summed E-state index contributed by atoms with van der Waals surface area (Å²) in [5.41, 5.74) is 1.96. The molecule has 20 heavy (non-hydrogen) atoms. The Morgan fingerprint density at radius 2 is 2.05 bits per heavy atom. The monoisotopic (exact) mass is 277 g/mol. The van der Waals surface area contributed by atoms with Gasteiger partial charge in [-0.05, 0) is 36.8 Å². The minimum Gasteiger partial charge on any atom is -0.481 e. The molecule has 1 fully saturated rings. The molecule has 0 bridgehead atoms. The van der Waals surface area contributed by atoms with Crippen LogP contribution >= 0.6 is 0 Å². The highest BCUT2D eigenvalue weighted by atomic mass is 16.4. The van der Waals surface area contributed by atoms with Crippen LogP contribution in [0.4, 0.5) is 0 Å². The van der Waals surface area contributed by atoms with Gasteiger partial charge in [0.15, 0.2) is 0 Å².